The molecule has 2 aromatic carbocycles. The highest BCUT2D eigenvalue weighted by molar-refractivity contribution is 7.98. The number of rotatable bonds is 4. The predicted molar refractivity (Wildman–Crippen MR) is 97.1 cm³/mol. The summed E-state index contributed by atoms with van der Waals surface area (Å²) < 4.78 is 1.79. The molecule has 0 fully saturated rings. The van der Waals surface area contributed by atoms with E-state index in [0.717, 1.165) is 16.4 Å². The zero-order valence-corrected chi connectivity index (χ0v) is 14.4. The molecule has 1 heterocycles. The Labute approximate surface area is 140 Å². The van der Waals surface area contributed by atoms with E-state index in [0.29, 0.717) is 5.39 Å². The number of hydrogen-bond acceptors (Lipinski definition) is 3. The molecule has 4 heteroatoms. The fourth-order valence-electron chi connectivity index (χ4n) is 2.63. The molecule has 0 aliphatic carbocycles. The molecular formula is C19H20N2OS. The molecule has 0 radical (unpaired) electrons. The minimum Gasteiger partial charge on any atom is -0.285 e. The number of benzene rings is 2. The lowest BCUT2D eigenvalue weighted by atomic mass is 10.2. The van der Waals surface area contributed by atoms with E-state index in [2.05, 4.69) is 31.2 Å². The van der Waals surface area contributed by atoms with E-state index >= 15 is 0 Å². The lowest BCUT2D eigenvalue weighted by molar-refractivity contribution is 0.519. The third kappa shape index (κ3) is 3.32. The van der Waals surface area contributed by atoms with Crippen molar-refractivity contribution in [3.8, 4) is 0 Å². The van der Waals surface area contributed by atoms with Gasteiger partial charge in [-0.2, -0.15) is 0 Å². The molecular weight excluding hydrogens is 304 g/mol. The Bertz CT molecular complexity index is 899. The summed E-state index contributed by atoms with van der Waals surface area (Å²) in [5.74, 6) is 0.805. The Morgan fingerprint density at radius 2 is 1.91 bits per heavy atom. The van der Waals surface area contributed by atoms with Crippen LogP contribution in [0.3, 0.4) is 0 Å². The topological polar surface area (TPSA) is 34.9 Å². The van der Waals surface area contributed by atoms with Crippen LogP contribution in [-0.4, -0.2) is 9.55 Å². The first-order valence-corrected chi connectivity index (χ1v) is 8.74. The molecule has 0 atom stereocenters. The number of fused-ring (bicyclic) bond motifs is 1. The SMILES string of the molecule is Cc1cccc(CSc2nc3ccccc3c(=O)n2C(C)C)c1. The monoisotopic (exact) mass is 324 g/mol. The van der Waals surface area contributed by atoms with Crippen LogP contribution in [0, 0.1) is 6.92 Å². The highest BCUT2D eigenvalue weighted by atomic mass is 32.2. The molecule has 118 valence electrons. The summed E-state index contributed by atoms with van der Waals surface area (Å²) in [5, 5.41) is 1.46. The van der Waals surface area contributed by atoms with Crippen molar-refractivity contribution in [3.05, 3.63) is 70.0 Å². The Morgan fingerprint density at radius 1 is 1.13 bits per heavy atom. The molecule has 0 N–H and O–H groups in total. The van der Waals surface area contributed by atoms with Crippen LogP contribution in [0.2, 0.25) is 0 Å². The number of hydrogen-bond donors (Lipinski definition) is 0. The van der Waals surface area contributed by atoms with Crippen molar-refractivity contribution in [2.75, 3.05) is 0 Å². The molecule has 0 aliphatic heterocycles. The Morgan fingerprint density at radius 3 is 2.65 bits per heavy atom. The van der Waals surface area contributed by atoms with Crippen molar-refractivity contribution in [1.29, 1.82) is 0 Å². The van der Waals surface area contributed by atoms with Gasteiger partial charge in [-0.05, 0) is 38.5 Å². The summed E-state index contributed by atoms with van der Waals surface area (Å²) in [6.07, 6.45) is 0. The molecule has 3 aromatic rings. The number of aryl methyl sites for hydroxylation is 1. The molecule has 3 nitrogen and oxygen atoms in total. The Balaban J connectivity index is 2.02. The summed E-state index contributed by atoms with van der Waals surface area (Å²) >= 11 is 1.62. The molecule has 0 aliphatic rings. The highest BCUT2D eigenvalue weighted by Crippen LogP contribution is 2.24. The maximum atomic E-state index is 12.8. The maximum absolute atomic E-state index is 12.8. The number of thioether (sulfide) groups is 1. The first-order valence-electron chi connectivity index (χ1n) is 7.76. The molecule has 0 saturated carbocycles. The van der Waals surface area contributed by atoms with Gasteiger partial charge >= 0.3 is 0 Å². The van der Waals surface area contributed by atoms with Crippen LogP contribution in [0.5, 0.6) is 0 Å². The van der Waals surface area contributed by atoms with E-state index in [1.807, 2.05) is 38.1 Å². The predicted octanol–water partition coefficient (Wildman–Crippen LogP) is 4.58. The van der Waals surface area contributed by atoms with Crippen LogP contribution in [-0.2, 0) is 5.75 Å². The summed E-state index contributed by atoms with van der Waals surface area (Å²) in [7, 11) is 0. The second kappa shape index (κ2) is 6.59. The standard InChI is InChI=1S/C19H20N2OS/c1-13(2)21-18(22)16-9-4-5-10-17(16)20-19(21)23-12-15-8-6-7-14(3)11-15/h4-11,13H,12H2,1-3H3. The van der Waals surface area contributed by atoms with Gasteiger partial charge in [0, 0.05) is 11.8 Å². The summed E-state index contributed by atoms with van der Waals surface area (Å²) in [5.41, 5.74) is 3.29. The van der Waals surface area contributed by atoms with Gasteiger partial charge in [-0.3, -0.25) is 9.36 Å². The normalized spacial score (nSPS) is 11.3. The fourth-order valence-corrected chi connectivity index (χ4v) is 3.70. The smallest absolute Gasteiger partial charge is 0.262 e. The van der Waals surface area contributed by atoms with Crippen molar-refractivity contribution < 1.29 is 0 Å². The third-order valence-corrected chi connectivity index (χ3v) is 4.77. The second-order valence-electron chi connectivity index (χ2n) is 5.96. The molecule has 0 spiro atoms. The van der Waals surface area contributed by atoms with Crippen molar-refractivity contribution in [2.45, 2.75) is 37.7 Å². The summed E-state index contributed by atoms with van der Waals surface area (Å²) in [4.78, 5) is 17.5. The van der Waals surface area contributed by atoms with Gasteiger partial charge in [0.05, 0.1) is 10.9 Å². The van der Waals surface area contributed by atoms with Crippen molar-refractivity contribution in [2.24, 2.45) is 0 Å². The molecule has 0 amide bonds. The van der Waals surface area contributed by atoms with Crippen LogP contribution in [0.25, 0.3) is 10.9 Å². The summed E-state index contributed by atoms with van der Waals surface area (Å²) in [6, 6.07) is 16.1. The first kappa shape index (κ1) is 15.8. The highest BCUT2D eigenvalue weighted by Gasteiger charge is 2.13. The van der Waals surface area contributed by atoms with E-state index in [4.69, 9.17) is 4.98 Å². The molecule has 23 heavy (non-hydrogen) atoms. The number of para-hydroxylation sites is 1. The molecule has 3 rings (SSSR count). The maximum Gasteiger partial charge on any atom is 0.262 e. The molecule has 0 bridgehead atoms. The van der Waals surface area contributed by atoms with Crippen LogP contribution in [0.1, 0.15) is 31.0 Å². The second-order valence-corrected chi connectivity index (χ2v) is 6.90. The summed E-state index contributed by atoms with van der Waals surface area (Å²) in [6.45, 7) is 6.13. The zero-order valence-electron chi connectivity index (χ0n) is 13.6. The van der Waals surface area contributed by atoms with Gasteiger partial charge in [0.25, 0.3) is 5.56 Å². The molecule has 0 saturated heterocycles. The fraction of sp³-hybridized carbons (Fsp3) is 0.263. The van der Waals surface area contributed by atoms with Gasteiger partial charge in [-0.1, -0.05) is 53.7 Å². The van der Waals surface area contributed by atoms with Crippen LogP contribution in [0.4, 0.5) is 0 Å². The third-order valence-electron chi connectivity index (χ3n) is 3.74. The van der Waals surface area contributed by atoms with Gasteiger partial charge in [-0.15, -0.1) is 0 Å². The van der Waals surface area contributed by atoms with Crippen molar-refractivity contribution in [1.82, 2.24) is 9.55 Å². The minimum atomic E-state index is 0.0392. The zero-order chi connectivity index (χ0) is 16.4. The van der Waals surface area contributed by atoms with E-state index in [1.165, 1.54) is 11.1 Å². The van der Waals surface area contributed by atoms with Crippen molar-refractivity contribution in [3.63, 3.8) is 0 Å². The minimum absolute atomic E-state index is 0.0392. The van der Waals surface area contributed by atoms with Crippen LogP contribution < -0.4 is 5.56 Å². The van der Waals surface area contributed by atoms with E-state index in [-0.39, 0.29) is 11.6 Å². The number of aromatic nitrogens is 2. The van der Waals surface area contributed by atoms with Gasteiger partial charge in [-0.25, -0.2) is 4.98 Å². The van der Waals surface area contributed by atoms with Gasteiger partial charge in [0.1, 0.15) is 0 Å². The average Bonchev–Trinajstić information content (AvgIpc) is 2.53. The van der Waals surface area contributed by atoms with Gasteiger partial charge < -0.3 is 0 Å². The average molecular weight is 324 g/mol. The lowest BCUT2D eigenvalue weighted by Crippen LogP contribution is -2.25. The Kier molecular flexibility index (Phi) is 4.53. The number of nitrogens with zero attached hydrogens (tertiary/aromatic N) is 2. The lowest BCUT2D eigenvalue weighted by Gasteiger charge is -2.16. The quantitative estimate of drug-likeness (QED) is 0.520. The van der Waals surface area contributed by atoms with Crippen molar-refractivity contribution >= 4 is 22.7 Å². The van der Waals surface area contributed by atoms with Gasteiger partial charge in [0.15, 0.2) is 5.16 Å². The van der Waals surface area contributed by atoms with Crippen LogP contribution in [0.15, 0.2) is 58.5 Å². The molecule has 0 unspecified atom stereocenters. The van der Waals surface area contributed by atoms with E-state index in [9.17, 15) is 4.79 Å². The van der Waals surface area contributed by atoms with E-state index in [1.54, 1.807) is 16.3 Å². The largest absolute Gasteiger partial charge is 0.285 e. The van der Waals surface area contributed by atoms with E-state index < -0.39 is 0 Å². The Hall–Kier alpha value is -2.07. The molecule has 1 aromatic heterocycles. The first-order chi connectivity index (χ1) is 11.1. The van der Waals surface area contributed by atoms with Gasteiger partial charge in [0.2, 0.25) is 0 Å². The van der Waals surface area contributed by atoms with Crippen LogP contribution >= 0.6 is 11.8 Å².